The van der Waals surface area contributed by atoms with Crippen molar-refractivity contribution in [3.63, 3.8) is 0 Å². The second-order valence-electron chi connectivity index (χ2n) is 4.06. The molecule has 0 aliphatic rings. The van der Waals surface area contributed by atoms with E-state index in [-0.39, 0.29) is 6.04 Å². The van der Waals surface area contributed by atoms with Gasteiger partial charge in [-0.2, -0.15) is 4.98 Å². The van der Waals surface area contributed by atoms with E-state index in [0.717, 1.165) is 17.9 Å². The lowest BCUT2D eigenvalue weighted by Gasteiger charge is -2.15. The minimum atomic E-state index is 0.129. The van der Waals surface area contributed by atoms with Crippen LogP contribution in [0.15, 0.2) is 6.07 Å². The van der Waals surface area contributed by atoms with Crippen LogP contribution in [0.2, 0.25) is 0 Å². The molecule has 0 aromatic carbocycles. The largest absolute Gasteiger partial charge is 0.481 e. The van der Waals surface area contributed by atoms with Crippen LogP contribution in [0, 0.1) is 12.8 Å². The van der Waals surface area contributed by atoms with Crippen molar-refractivity contribution in [2.24, 2.45) is 11.7 Å². The molecule has 0 aliphatic heterocycles. The second kappa shape index (κ2) is 5.07. The van der Waals surface area contributed by atoms with Gasteiger partial charge in [-0.05, 0) is 12.8 Å². The number of rotatable bonds is 4. The second-order valence-corrected chi connectivity index (χ2v) is 4.06. The monoisotopic (exact) mass is 209 g/mol. The summed E-state index contributed by atoms with van der Waals surface area (Å²) in [6.07, 6.45) is 0.761. The quantitative estimate of drug-likeness (QED) is 0.812. The van der Waals surface area contributed by atoms with Crippen molar-refractivity contribution in [3.8, 4) is 5.88 Å². The van der Waals surface area contributed by atoms with Crippen LogP contribution < -0.4 is 10.5 Å². The smallest absolute Gasteiger partial charge is 0.216 e. The number of ether oxygens (including phenoxy) is 1. The number of hydrogen-bond donors (Lipinski definition) is 1. The Hall–Kier alpha value is -1.16. The summed E-state index contributed by atoms with van der Waals surface area (Å²) in [5.41, 5.74) is 6.93. The van der Waals surface area contributed by atoms with Crippen molar-refractivity contribution in [2.45, 2.75) is 33.2 Å². The lowest BCUT2D eigenvalue weighted by Crippen LogP contribution is -2.29. The standard InChI is InChI=1S/C11H19N3O/c1-7(2)10(12)5-9-6-11(15-4)14-8(3)13-9/h6-7,10H,5,12H2,1-4H3. The maximum atomic E-state index is 5.99. The molecule has 1 rings (SSSR count). The molecule has 4 nitrogen and oxygen atoms in total. The van der Waals surface area contributed by atoms with Crippen molar-refractivity contribution in [1.29, 1.82) is 0 Å². The molecule has 1 aromatic heterocycles. The predicted molar refractivity (Wildman–Crippen MR) is 59.8 cm³/mol. The minimum Gasteiger partial charge on any atom is -0.481 e. The summed E-state index contributed by atoms with van der Waals surface area (Å²) in [6, 6.07) is 1.97. The van der Waals surface area contributed by atoms with Crippen molar-refractivity contribution in [1.82, 2.24) is 9.97 Å². The first-order valence-corrected chi connectivity index (χ1v) is 5.17. The third-order valence-electron chi connectivity index (χ3n) is 2.38. The minimum absolute atomic E-state index is 0.129. The van der Waals surface area contributed by atoms with Crippen LogP contribution in [-0.2, 0) is 6.42 Å². The van der Waals surface area contributed by atoms with Gasteiger partial charge in [0.2, 0.25) is 5.88 Å². The van der Waals surface area contributed by atoms with Gasteiger partial charge in [0.1, 0.15) is 5.82 Å². The van der Waals surface area contributed by atoms with Crippen molar-refractivity contribution in [2.75, 3.05) is 7.11 Å². The van der Waals surface area contributed by atoms with E-state index in [0.29, 0.717) is 11.8 Å². The first-order valence-electron chi connectivity index (χ1n) is 5.17. The van der Waals surface area contributed by atoms with E-state index >= 15 is 0 Å². The zero-order valence-electron chi connectivity index (χ0n) is 9.82. The van der Waals surface area contributed by atoms with Gasteiger partial charge in [0.25, 0.3) is 0 Å². The lowest BCUT2D eigenvalue weighted by molar-refractivity contribution is 0.393. The summed E-state index contributed by atoms with van der Waals surface area (Å²) in [6.45, 7) is 6.07. The number of nitrogens with zero attached hydrogens (tertiary/aromatic N) is 2. The topological polar surface area (TPSA) is 61.0 Å². The summed E-state index contributed by atoms with van der Waals surface area (Å²) in [5, 5.41) is 0. The summed E-state index contributed by atoms with van der Waals surface area (Å²) in [4.78, 5) is 8.46. The Morgan fingerprint density at radius 2 is 2.07 bits per heavy atom. The van der Waals surface area contributed by atoms with Crippen molar-refractivity contribution >= 4 is 0 Å². The van der Waals surface area contributed by atoms with Crippen LogP contribution in [0.25, 0.3) is 0 Å². The molecule has 1 aromatic rings. The molecule has 0 spiro atoms. The average Bonchev–Trinajstić information content (AvgIpc) is 2.16. The van der Waals surface area contributed by atoms with E-state index in [1.807, 2.05) is 13.0 Å². The Morgan fingerprint density at radius 1 is 1.40 bits per heavy atom. The van der Waals surface area contributed by atoms with Crippen molar-refractivity contribution in [3.05, 3.63) is 17.6 Å². The molecule has 84 valence electrons. The van der Waals surface area contributed by atoms with Crippen LogP contribution in [0.4, 0.5) is 0 Å². The highest BCUT2D eigenvalue weighted by atomic mass is 16.5. The summed E-state index contributed by atoms with van der Waals surface area (Å²) in [5.74, 6) is 1.78. The number of nitrogens with two attached hydrogens (primary N) is 1. The van der Waals surface area contributed by atoms with Crippen LogP contribution in [-0.4, -0.2) is 23.1 Å². The summed E-state index contributed by atoms with van der Waals surface area (Å²) >= 11 is 0. The maximum absolute atomic E-state index is 5.99. The summed E-state index contributed by atoms with van der Waals surface area (Å²) < 4.78 is 5.09. The van der Waals surface area contributed by atoms with Crippen LogP contribution in [0.5, 0.6) is 5.88 Å². The molecule has 4 heteroatoms. The van der Waals surface area contributed by atoms with Gasteiger partial charge in [-0.25, -0.2) is 4.98 Å². The SMILES string of the molecule is COc1cc(CC(N)C(C)C)nc(C)n1. The van der Waals surface area contributed by atoms with Gasteiger partial charge >= 0.3 is 0 Å². The van der Waals surface area contributed by atoms with Gasteiger partial charge in [0.15, 0.2) is 0 Å². The molecule has 0 saturated heterocycles. The Morgan fingerprint density at radius 3 is 2.60 bits per heavy atom. The molecule has 1 unspecified atom stereocenters. The number of hydrogen-bond acceptors (Lipinski definition) is 4. The number of methoxy groups -OCH3 is 1. The van der Waals surface area contributed by atoms with Crippen molar-refractivity contribution < 1.29 is 4.74 Å². The van der Waals surface area contributed by atoms with Gasteiger partial charge in [-0.1, -0.05) is 13.8 Å². The molecule has 0 saturated carbocycles. The molecular formula is C11H19N3O. The molecule has 0 aliphatic carbocycles. The average molecular weight is 209 g/mol. The summed E-state index contributed by atoms with van der Waals surface area (Å²) in [7, 11) is 1.61. The Balaban J connectivity index is 2.80. The fourth-order valence-corrected chi connectivity index (χ4v) is 1.29. The molecule has 0 bridgehead atoms. The first-order chi connectivity index (χ1) is 7.02. The van der Waals surface area contributed by atoms with E-state index in [4.69, 9.17) is 10.5 Å². The number of aromatic nitrogens is 2. The number of aryl methyl sites for hydroxylation is 1. The zero-order valence-corrected chi connectivity index (χ0v) is 9.82. The van der Waals surface area contributed by atoms with Gasteiger partial charge in [0, 0.05) is 24.2 Å². The first kappa shape index (κ1) is 11.9. The highest BCUT2D eigenvalue weighted by Crippen LogP contribution is 2.12. The van der Waals surface area contributed by atoms with E-state index in [1.165, 1.54) is 0 Å². The van der Waals surface area contributed by atoms with E-state index in [2.05, 4.69) is 23.8 Å². The lowest BCUT2D eigenvalue weighted by atomic mass is 10.0. The Labute approximate surface area is 90.9 Å². The van der Waals surface area contributed by atoms with E-state index in [9.17, 15) is 0 Å². The van der Waals surface area contributed by atoms with Gasteiger partial charge < -0.3 is 10.5 Å². The maximum Gasteiger partial charge on any atom is 0.216 e. The van der Waals surface area contributed by atoms with E-state index in [1.54, 1.807) is 7.11 Å². The fraction of sp³-hybridized carbons (Fsp3) is 0.636. The molecule has 0 radical (unpaired) electrons. The highest BCUT2D eigenvalue weighted by molar-refractivity contribution is 5.16. The third kappa shape index (κ3) is 3.47. The third-order valence-corrected chi connectivity index (χ3v) is 2.38. The zero-order chi connectivity index (χ0) is 11.4. The molecule has 0 amide bonds. The fourth-order valence-electron chi connectivity index (χ4n) is 1.29. The van der Waals surface area contributed by atoms with Crippen LogP contribution in [0.3, 0.4) is 0 Å². The highest BCUT2D eigenvalue weighted by Gasteiger charge is 2.11. The molecule has 2 N–H and O–H groups in total. The van der Waals surface area contributed by atoms with Crippen LogP contribution in [0.1, 0.15) is 25.4 Å². The molecule has 1 heterocycles. The Kier molecular flexibility index (Phi) is 4.03. The van der Waals surface area contributed by atoms with Gasteiger partial charge in [-0.15, -0.1) is 0 Å². The Bertz CT molecular complexity index is 326. The molecular weight excluding hydrogens is 190 g/mol. The van der Waals surface area contributed by atoms with E-state index < -0.39 is 0 Å². The molecule has 1 atom stereocenters. The van der Waals surface area contributed by atoms with Gasteiger partial charge in [-0.3, -0.25) is 0 Å². The normalized spacial score (nSPS) is 12.9. The molecule has 0 fully saturated rings. The molecule has 15 heavy (non-hydrogen) atoms. The predicted octanol–water partition coefficient (Wildman–Crippen LogP) is 1.32. The van der Waals surface area contributed by atoms with Crippen LogP contribution >= 0.6 is 0 Å². The van der Waals surface area contributed by atoms with Gasteiger partial charge in [0.05, 0.1) is 7.11 Å².